The highest BCUT2D eigenvalue weighted by atomic mass is 16.5. The molecule has 16 heavy (non-hydrogen) atoms. The van der Waals surface area contributed by atoms with E-state index in [1.54, 1.807) is 0 Å². The van der Waals surface area contributed by atoms with Crippen molar-refractivity contribution in [2.45, 2.75) is 26.2 Å². The van der Waals surface area contributed by atoms with Crippen molar-refractivity contribution < 1.29 is 9.53 Å². The maximum atomic E-state index is 11.4. The van der Waals surface area contributed by atoms with Crippen molar-refractivity contribution in [3.05, 3.63) is 34.9 Å². The molecule has 0 aromatic heterocycles. The van der Waals surface area contributed by atoms with Gasteiger partial charge in [-0.25, -0.2) is 4.79 Å². The van der Waals surface area contributed by atoms with E-state index in [2.05, 4.69) is 6.92 Å². The van der Waals surface area contributed by atoms with Gasteiger partial charge >= 0.3 is 5.97 Å². The summed E-state index contributed by atoms with van der Waals surface area (Å²) in [6.45, 7) is 4.74. The Bertz CT molecular complexity index is 374. The van der Waals surface area contributed by atoms with Gasteiger partial charge in [0.2, 0.25) is 0 Å². The Labute approximate surface area is 96.6 Å². The Balaban J connectivity index is 2.94. The largest absolute Gasteiger partial charge is 0.465 e. The van der Waals surface area contributed by atoms with E-state index in [0.717, 1.165) is 12.0 Å². The molecule has 1 aromatic rings. The van der Waals surface area contributed by atoms with Crippen LogP contribution in [-0.4, -0.2) is 19.6 Å². The van der Waals surface area contributed by atoms with E-state index >= 15 is 0 Å². The second-order valence-corrected chi connectivity index (χ2v) is 4.04. The van der Waals surface area contributed by atoms with Gasteiger partial charge in [-0.1, -0.05) is 19.1 Å². The van der Waals surface area contributed by atoms with Gasteiger partial charge in [-0.05, 0) is 43.0 Å². The van der Waals surface area contributed by atoms with Crippen LogP contribution in [0.4, 0.5) is 0 Å². The molecular weight excluding hydrogens is 202 g/mol. The number of carbonyl (C=O) groups excluding carboxylic acids is 1. The molecule has 0 aliphatic heterocycles. The minimum Gasteiger partial charge on any atom is -0.465 e. The molecule has 1 atom stereocenters. The number of methoxy groups -OCH3 is 1. The van der Waals surface area contributed by atoms with Crippen LogP contribution in [0, 0.1) is 6.92 Å². The molecule has 1 aromatic carbocycles. The Morgan fingerprint density at radius 3 is 2.69 bits per heavy atom. The van der Waals surface area contributed by atoms with Crippen LogP contribution in [0.2, 0.25) is 0 Å². The SMILES string of the molecule is COC(=O)c1ccc(C(C)CCN)cc1C. The molecule has 0 heterocycles. The summed E-state index contributed by atoms with van der Waals surface area (Å²) in [6, 6.07) is 5.83. The van der Waals surface area contributed by atoms with Gasteiger partial charge in [0.25, 0.3) is 0 Å². The molecule has 0 amide bonds. The summed E-state index contributed by atoms with van der Waals surface area (Å²) in [5.74, 6) is 0.144. The first-order chi connectivity index (χ1) is 7.60. The van der Waals surface area contributed by atoms with E-state index in [0.29, 0.717) is 18.0 Å². The van der Waals surface area contributed by atoms with Gasteiger partial charge in [0.15, 0.2) is 0 Å². The van der Waals surface area contributed by atoms with Crippen LogP contribution >= 0.6 is 0 Å². The second kappa shape index (κ2) is 5.66. The highest BCUT2D eigenvalue weighted by Gasteiger charge is 2.11. The van der Waals surface area contributed by atoms with Crippen molar-refractivity contribution in [3.8, 4) is 0 Å². The zero-order valence-corrected chi connectivity index (χ0v) is 10.1. The zero-order chi connectivity index (χ0) is 12.1. The topological polar surface area (TPSA) is 52.3 Å². The number of ether oxygens (including phenoxy) is 1. The molecular formula is C13H19NO2. The Morgan fingerprint density at radius 2 is 2.19 bits per heavy atom. The first kappa shape index (κ1) is 12.7. The third-order valence-electron chi connectivity index (χ3n) is 2.82. The molecule has 0 saturated heterocycles. The molecule has 3 heteroatoms. The number of esters is 1. The number of aryl methyl sites for hydroxylation is 1. The van der Waals surface area contributed by atoms with Crippen molar-refractivity contribution in [2.75, 3.05) is 13.7 Å². The molecule has 0 fully saturated rings. The third-order valence-corrected chi connectivity index (χ3v) is 2.82. The van der Waals surface area contributed by atoms with Gasteiger partial charge in [-0.15, -0.1) is 0 Å². The maximum absolute atomic E-state index is 11.4. The van der Waals surface area contributed by atoms with Crippen molar-refractivity contribution in [1.29, 1.82) is 0 Å². The van der Waals surface area contributed by atoms with E-state index in [1.165, 1.54) is 12.7 Å². The van der Waals surface area contributed by atoms with Crippen LogP contribution in [0.25, 0.3) is 0 Å². The summed E-state index contributed by atoms with van der Waals surface area (Å²) in [4.78, 5) is 11.4. The predicted octanol–water partition coefficient (Wildman–Crippen LogP) is 2.23. The minimum atomic E-state index is -0.282. The van der Waals surface area contributed by atoms with E-state index < -0.39 is 0 Å². The summed E-state index contributed by atoms with van der Waals surface area (Å²) in [7, 11) is 1.40. The maximum Gasteiger partial charge on any atom is 0.338 e. The van der Waals surface area contributed by atoms with Gasteiger partial charge in [0.05, 0.1) is 12.7 Å². The summed E-state index contributed by atoms with van der Waals surface area (Å²) >= 11 is 0. The van der Waals surface area contributed by atoms with E-state index in [4.69, 9.17) is 10.5 Å². The van der Waals surface area contributed by atoms with Gasteiger partial charge in [-0.3, -0.25) is 0 Å². The molecule has 0 saturated carbocycles. The lowest BCUT2D eigenvalue weighted by Crippen LogP contribution is -2.07. The number of rotatable bonds is 4. The molecule has 1 rings (SSSR count). The van der Waals surface area contributed by atoms with Crippen LogP contribution in [0.1, 0.15) is 40.7 Å². The van der Waals surface area contributed by atoms with Crippen molar-refractivity contribution in [3.63, 3.8) is 0 Å². The highest BCUT2D eigenvalue weighted by molar-refractivity contribution is 5.90. The van der Waals surface area contributed by atoms with Crippen LogP contribution in [0.3, 0.4) is 0 Å². The van der Waals surface area contributed by atoms with Crippen LogP contribution in [0.15, 0.2) is 18.2 Å². The van der Waals surface area contributed by atoms with Crippen molar-refractivity contribution in [2.24, 2.45) is 5.73 Å². The Kier molecular flexibility index (Phi) is 4.50. The first-order valence-electron chi connectivity index (χ1n) is 5.49. The Hall–Kier alpha value is -1.35. The van der Waals surface area contributed by atoms with Crippen LogP contribution in [0.5, 0.6) is 0 Å². The number of nitrogens with two attached hydrogens (primary N) is 1. The molecule has 3 nitrogen and oxygen atoms in total. The summed E-state index contributed by atoms with van der Waals surface area (Å²) in [5.41, 5.74) is 8.33. The minimum absolute atomic E-state index is 0.282. The van der Waals surface area contributed by atoms with Gasteiger partial charge in [-0.2, -0.15) is 0 Å². The fourth-order valence-corrected chi connectivity index (χ4v) is 1.75. The van der Waals surface area contributed by atoms with Crippen molar-refractivity contribution in [1.82, 2.24) is 0 Å². The molecule has 0 aliphatic carbocycles. The van der Waals surface area contributed by atoms with E-state index in [9.17, 15) is 4.79 Å². The lowest BCUT2D eigenvalue weighted by Gasteiger charge is -2.12. The smallest absolute Gasteiger partial charge is 0.338 e. The summed E-state index contributed by atoms with van der Waals surface area (Å²) < 4.78 is 4.71. The number of hydrogen-bond donors (Lipinski definition) is 1. The molecule has 88 valence electrons. The molecule has 2 N–H and O–H groups in total. The monoisotopic (exact) mass is 221 g/mol. The molecule has 0 aliphatic rings. The Morgan fingerprint density at radius 1 is 1.50 bits per heavy atom. The molecule has 0 radical (unpaired) electrons. The fraction of sp³-hybridized carbons (Fsp3) is 0.462. The molecule has 0 spiro atoms. The van der Waals surface area contributed by atoms with Gasteiger partial charge in [0.1, 0.15) is 0 Å². The average Bonchev–Trinajstić information content (AvgIpc) is 2.28. The highest BCUT2D eigenvalue weighted by Crippen LogP contribution is 2.21. The van der Waals surface area contributed by atoms with Crippen molar-refractivity contribution >= 4 is 5.97 Å². The average molecular weight is 221 g/mol. The van der Waals surface area contributed by atoms with Gasteiger partial charge < -0.3 is 10.5 Å². The summed E-state index contributed by atoms with van der Waals surface area (Å²) in [5, 5.41) is 0. The summed E-state index contributed by atoms with van der Waals surface area (Å²) in [6.07, 6.45) is 0.955. The normalized spacial score (nSPS) is 12.2. The lowest BCUT2D eigenvalue weighted by molar-refractivity contribution is 0.0600. The first-order valence-corrected chi connectivity index (χ1v) is 5.49. The second-order valence-electron chi connectivity index (χ2n) is 4.04. The quantitative estimate of drug-likeness (QED) is 0.793. The zero-order valence-electron chi connectivity index (χ0n) is 10.1. The van der Waals surface area contributed by atoms with E-state index in [1.807, 2.05) is 25.1 Å². The number of hydrogen-bond acceptors (Lipinski definition) is 3. The molecule has 0 bridgehead atoms. The lowest BCUT2D eigenvalue weighted by atomic mass is 9.94. The fourth-order valence-electron chi connectivity index (χ4n) is 1.75. The van der Waals surface area contributed by atoms with Crippen LogP contribution < -0.4 is 5.73 Å². The molecule has 1 unspecified atom stereocenters. The number of benzene rings is 1. The van der Waals surface area contributed by atoms with Gasteiger partial charge in [0, 0.05) is 0 Å². The van der Waals surface area contributed by atoms with E-state index in [-0.39, 0.29) is 5.97 Å². The standard InChI is InChI=1S/C13H19NO2/c1-9(6-7-14)11-4-5-12(10(2)8-11)13(15)16-3/h4-5,8-9H,6-7,14H2,1-3H3. The predicted molar refractivity (Wildman–Crippen MR) is 64.6 cm³/mol. The number of carbonyl (C=O) groups is 1. The third kappa shape index (κ3) is 2.83. The van der Waals surface area contributed by atoms with Crippen LogP contribution in [-0.2, 0) is 4.74 Å².